The summed E-state index contributed by atoms with van der Waals surface area (Å²) in [4.78, 5) is 13.1. The zero-order valence-corrected chi connectivity index (χ0v) is 12.9. The van der Waals surface area contributed by atoms with Crippen LogP contribution in [0.3, 0.4) is 0 Å². The van der Waals surface area contributed by atoms with Gasteiger partial charge in [-0.1, -0.05) is 51.7 Å². The molecule has 0 bridgehead atoms. The molecule has 2 aliphatic carbocycles. The molecule has 19 heavy (non-hydrogen) atoms. The van der Waals surface area contributed by atoms with Crippen molar-refractivity contribution in [3.63, 3.8) is 0 Å². The lowest BCUT2D eigenvalue weighted by atomic mass is 9.72. The summed E-state index contributed by atoms with van der Waals surface area (Å²) in [5.74, 6) is 0.0810. The van der Waals surface area contributed by atoms with Gasteiger partial charge in [-0.05, 0) is 31.1 Å². The highest BCUT2D eigenvalue weighted by Crippen LogP contribution is 2.41. The first-order chi connectivity index (χ1) is 8.88. The van der Waals surface area contributed by atoms with Crippen LogP contribution < -0.4 is 11.1 Å². The zero-order chi connectivity index (χ0) is 14.1. The molecule has 1 amide bonds. The molecule has 108 valence electrons. The second-order valence-corrected chi connectivity index (χ2v) is 7.35. The molecule has 1 unspecified atom stereocenters. The molecular formula is C15H26N2OS. The molecule has 2 aliphatic rings. The van der Waals surface area contributed by atoms with Crippen molar-refractivity contribution >= 4 is 23.1 Å². The van der Waals surface area contributed by atoms with Gasteiger partial charge in [0.2, 0.25) is 5.91 Å². The van der Waals surface area contributed by atoms with Crippen LogP contribution in [-0.4, -0.2) is 16.9 Å². The average molecular weight is 282 g/mol. The van der Waals surface area contributed by atoms with Crippen molar-refractivity contribution in [3.8, 4) is 0 Å². The van der Waals surface area contributed by atoms with Crippen LogP contribution in [-0.2, 0) is 4.79 Å². The summed E-state index contributed by atoms with van der Waals surface area (Å²) in [6.45, 7) is 4.50. The smallest absolute Gasteiger partial charge is 0.233 e. The minimum Gasteiger partial charge on any atom is -0.392 e. The molecule has 0 radical (unpaired) electrons. The van der Waals surface area contributed by atoms with Crippen molar-refractivity contribution in [2.75, 3.05) is 0 Å². The zero-order valence-electron chi connectivity index (χ0n) is 12.1. The van der Waals surface area contributed by atoms with E-state index in [4.69, 9.17) is 18.0 Å². The van der Waals surface area contributed by atoms with E-state index >= 15 is 0 Å². The maximum Gasteiger partial charge on any atom is 0.233 e. The average Bonchev–Trinajstić information content (AvgIpc) is 2.82. The van der Waals surface area contributed by atoms with Crippen LogP contribution in [0.15, 0.2) is 0 Å². The largest absolute Gasteiger partial charge is 0.392 e. The molecule has 1 atom stereocenters. The Labute approximate surface area is 121 Å². The molecule has 0 spiro atoms. The van der Waals surface area contributed by atoms with Crippen molar-refractivity contribution in [1.29, 1.82) is 0 Å². The van der Waals surface area contributed by atoms with Gasteiger partial charge < -0.3 is 11.1 Å². The second-order valence-electron chi connectivity index (χ2n) is 6.91. The van der Waals surface area contributed by atoms with Gasteiger partial charge in [0.15, 0.2) is 0 Å². The quantitative estimate of drug-likeness (QED) is 0.783. The second kappa shape index (κ2) is 5.39. The molecule has 3 N–H and O–H groups in total. The third kappa shape index (κ3) is 2.78. The topological polar surface area (TPSA) is 55.1 Å². The van der Waals surface area contributed by atoms with Gasteiger partial charge in [-0.2, -0.15) is 0 Å². The van der Waals surface area contributed by atoms with Crippen LogP contribution in [0.1, 0.15) is 65.2 Å². The van der Waals surface area contributed by atoms with Gasteiger partial charge in [0.05, 0.1) is 10.4 Å². The first kappa shape index (κ1) is 14.8. The van der Waals surface area contributed by atoms with E-state index in [1.54, 1.807) is 0 Å². The lowest BCUT2D eigenvalue weighted by Crippen LogP contribution is -2.54. The van der Waals surface area contributed by atoms with E-state index < -0.39 is 5.41 Å². The van der Waals surface area contributed by atoms with E-state index in [1.807, 2.05) is 0 Å². The van der Waals surface area contributed by atoms with E-state index in [0.29, 0.717) is 4.99 Å². The van der Waals surface area contributed by atoms with Gasteiger partial charge in [-0.3, -0.25) is 4.79 Å². The molecule has 0 heterocycles. The molecule has 0 aromatic rings. The summed E-state index contributed by atoms with van der Waals surface area (Å²) in [5.41, 5.74) is 5.49. The van der Waals surface area contributed by atoms with Crippen LogP contribution in [0, 0.1) is 10.8 Å². The molecule has 0 aliphatic heterocycles. The molecule has 0 aromatic carbocycles. The van der Waals surface area contributed by atoms with Crippen LogP contribution in [0.5, 0.6) is 0 Å². The molecule has 0 aromatic heterocycles. The van der Waals surface area contributed by atoms with E-state index in [0.717, 1.165) is 32.1 Å². The first-order valence-electron chi connectivity index (χ1n) is 7.49. The molecule has 3 nitrogen and oxygen atoms in total. The fourth-order valence-electron chi connectivity index (χ4n) is 3.62. The highest BCUT2D eigenvalue weighted by molar-refractivity contribution is 7.80. The van der Waals surface area contributed by atoms with Gasteiger partial charge in [-0.25, -0.2) is 0 Å². The highest BCUT2D eigenvalue weighted by Gasteiger charge is 2.46. The Morgan fingerprint density at radius 3 is 2.26 bits per heavy atom. The standard InChI is InChI=1S/C15H26N2OS/c1-14(2)8-4-3-7-11(14)17-13(18)15(12(16)19)9-5-6-10-15/h11H,3-10H2,1-2H3,(H2,16,19)(H,17,18). The van der Waals surface area contributed by atoms with Crippen molar-refractivity contribution < 1.29 is 4.79 Å². The van der Waals surface area contributed by atoms with E-state index in [1.165, 1.54) is 19.3 Å². The molecule has 2 rings (SSSR count). The fourth-order valence-corrected chi connectivity index (χ4v) is 3.92. The number of hydrogen-bond donors (Lipinski definition) is 2. The lowest BCUT2D eigenvalue weighted by molar-refractivity contribution is -0.129. The van der Waals surface area contributed by atoms with Crippen LogP contribution in [0.4, 0.5) is 0 Å². The Bertz CT molecular complexity index is 372. The van der Waals surface area contributed by atoms with Crippen LogP contribution >= 0.6 is 12.2 Å². The first-order valence-corrected chi connectivity index (χ1v) is 7.90. The number of carbonyl (C=O) groups is 1. The van der Waals surface area contributed by atoms with Gasteiger partial charge in [0, 0.05) is 6.04 Å². The molecule has 4 heteroatoms. The predicted molar refractivity (Wildman–Crippen MR) is 81.9 cm³/mol. The maximum atomic E-state index is 12.7. The summed E-state index contributed by atoms with van der Waals surface area (Å²) in [5, 5.41) is 3.27. The summed E-state index contributed by atoms with van der Waals surface area (Å²) >= 11 is 5.19. The summed E-state index contributed by atoms with van der Waals surface area (Å²) in [7, 11) is 0. The number of hydrogen-bond acceptors (Lipinski definition) is 2. The summed E-state index contributed by atoms with van der Waals surface area (Å²) in [6.07, 6.45) is 8.47. The third-order valence-electron chi connectivity index (χ3n) is 5.18. The number of amides is 1. The molecule has 2 saturated carbocycles. The Kier molecular flexibility index (Phi) is 4.19. The predicted octanol–water partition coefficient (Wildman–Crippen LogP) is 2.92. The Hall–Kier alpha value is -0.640. The van der Waals surface area contributed by atoms with Gasteiger partial charge in [0.1, 0.15) is 0 Å². The van der Waals surface area contributed by atoms with Gasteiger partial charge in [-0.15, -0.1) is 0 Å². The Morgan fingerprint density at radius 1 is 1.16 bits per heavy atom. The van der Waals surface area contributed by atoms with Crippen LogP contribution in [0.2, 0.25) is 0 Å². The van der Waals surface area contributed by atoms with Gasteiger partial charge >= 0.3 is 0 Å². The highest BCUT2D eigenvalue weighted by atomic mass is 32.1. The number of thiocarbonyl (C=S) groups is 1. The van der Waals surface area contributed by atoms with Crippen LogP contribution in [0.25, 0.3) is 0 Å². The number of rotatable bonds is 3. The van der Waals surface area contributed by atoms with Crippen molar-refractivity contribution in [2.24, 2.45) is 16.6 Å². The lowest BCUT2D eigenvalue weighted by Gasteiger charge is -2.41. The third-order valence-corrected chi connectivity index (χ3v) is 5.57. The molecular weight excluding hydrogens is 256 g/mol. The number of nitrogens with two attached hydrogens (primary N) is 1. The Balaban J connectivity index is 2.09. The number of nitrogens with one attached hydrogen (secondary N) is 1. The summed E-state index contributed by atoms with van der Waals surface area (Å²) in [6, 6.07) is 0.264. The van der Waals surface area contributed by atoms with Crippen molar-refractivity contribution in [2.45, 2.75) is 71.3 Å². The molecule has 0 saturated heterocycles. The maximum absolute atomic E-state index is 12.7. The van der Waals surface area contributed by atoms with Crippen molar-refractivity contribution in [1.82, 2.24) is 5.32 Å². The van der Waals surface area contributed by atoms with E-state index in [9.17, 15) is 4.79 Å². The van der Waals surface area contributed by atoms with Crippen molar-refractivity contribution in [3.05, 3.63) is 0 Å². The monoisotopic (exact) mass is 282 g/mol. The molecule has 2 fully saturated rings. The van der Waals surface area contributed by atoms with E-state index in [-0.39, 0.29) is 17.4 Å². The Morgan fingerprint density at radius 2 is 1.74 bits per heavy atom. The van der Waals surface area contributed by atoms with E-state index in [2.05, 4.69) is 19.2 Å². The SMILES string of the molecule is CC1(C)CCCCC1NC(=O)C1(C(N)=S)CCCC1. The minimum absolute atomic E-state index is 0.0810. The van der Waals surface area contributed by atoms with Gasteiger partial charge in [0.25, 0.3) is 0 Å². The minimum atomic E-state index is -0.567. The number of carbonyl (C=O) groups excluding carboxylic acids is 1. The summed E-state index contributed by atoms with van der Waals surface area (Å²) < 4.78 is 0. The normalized spacial score (nSPS) is 28.8. The fraction of sp³-hybridized carbons (Fsp3) is 0.867.